The number of ether oxygens (including phenoxy) is 3. The molecule has 2 aromatic carbocycles. The maximum atomic E-state index is 9.59. The van der Waals surface area contributed by atoms with Crippen LogP contribution in [0.2, 0.25) is 0 Å². The van der Waals surface area contributed by atoms with Crippen molar-refractivity contribution in [1.82, 2.24) is 0 Å². The van der Waals surface area contributed by atoms with Crippen LogP contribution in [-0.4, -0.2) is 36.1 Å². The van der Waals surface area contributed by atoms with Gasteiger partial charge in [-0.05, 0) is 18.1 Å². The van der Waals surface area contributed by atoms with Crippen LogP contribution in [0.5, 0.6) is 0 Å². The van der Waals surface area contributed by atoms with Crippen LogP contribution in [-0.2, 0) is 27.4 Å². The van der Waals surface area contributed by atoms with Crippen LogP contribution >= 0.6 is 0 Å². The van der Waals surface area contributed by atoms with Crippen LogP contribution in [0.15, 0.2) is 60.7 Å². The fourth-order valence-electron chi connectivity index (χ4n) is 3.02. The zero-order valence-electron chi connectivity index (χ0n) is 13.9. The zero-order valence-corrected chi connectivity index (χ0v) is 13.9. The first-order chi connectivity index (χ1) is 11.8. The van der Waals surface area contributed by atoms with Gasteiger partial charge in [-0.2, -0.15) is 0 Å². The van der Waals surface area contributed by atoms with Crippen molar-refractivity contribution in [1.29, 1.82) is 0 Å². The smallest absolute Gasteiger partial charge is 0.115 e. The predicted octanol–water partition coefficient (Wildman–Crippen LogP) is 2.94. The van der Waals surface area contributed by atoms with E-state index in [0.29, 0.717) is 13.2 Å². The second kappa shape index (κ2) is 8.40. The normalized spacial score (nSPS) is 26.6. The molecule has 1 saturated heterocycles. The molecule has 1 aliphatic rings. The molecule has 4 atom stereocenters. The van der Waals surface area contributed by atoms with Crippen LogP contribution in [0.3, 0.4) is 0 Å². The summed E-state index contributed by atoms with van der Waals surface area (Å²) in [5.41, 5.74) is 2.20. The first kappa shape index (κ1) is 17.1. The van der Waals surface area contributed by atoms with Gasteiger partial charge in [0.15, 0.2) is 0 Å². The molecule has 1 N–H and O–H groups in total. The van der Waals surface area contributed by atoms with Gasteiger partial charge in [0.05, 0.1) is 25.9 Å². The van der Waals surface area contributed by atoms with E-state index in [1.165, 1.54) is 0 Å². The molecule has 0 bridgehead atoms. The van der Waals surface area contributed by atoms with Crippen LogP contribution < -0.4 is 0 Å². The standard InChI is InChI=1S/C20H24O4/c1-15-19(22-13-16-8-4-2-5-9-16)20(18(12-21)24-15)23-14-17-10-6-3-7-11-17/h2-11,15,18-21H,12-14H2,1H3/t15-,18-,19-,20-/m0/s1. The molecule has 3 rings (SSSR count). The van der Waals surface area contributed by atoms with Crippen molar-refractivity contribution >= 4 is 0 Å². The monoisotopic (exact) mass is 328 g/mol. The van der Waals surface area contributed by atoms with E-state index < -0.39 is 0 Å². The second-order valence-corrected chi connectivity index (χ2v) is 6.08. The molecule has 4 heteroatoms. The highest BCUT2D eigenvalue weighted by molar-refractivity contribution is 5.14. The van der Waals surface area contributed by atoms with Crippen molar-refractivity contribution in [3.8, 4) is 0 Å². The third-order valence-electron chi connectivity index (χ3n) is 4.29. The van der Waals surface area contributed by atoms with Crippen molar-refractivity contribution in [2.75, 3.05) is 6.61 Å². The number of aliphatic hydroxyl groups is 1. The zero-order chi connectivity index (χ0) is 16.8. The van der Waals surface area contributed by atoms with Crippen LogP contribution in [0, 0.1) is 0 Å². The largest absolute Gasteiger partial charge is 0.394 e. The van der Waals surface area contributed by atoms with Crippen molar-refractivity contribution in [3.05, 3.63) is 71.8 Å². The van der Waals surface area contributed by atoms with E-state index in [2.05, 4.69) is 0 Å². The molecule has 1 fully saturated rings. The minimum Gasteiger partial charge on any atom is -0.394 e. The molecule has 0 radical (unpaired) electrons. The lowest BCUT2D eigenvalue weighted by atomic mass is 10.1. The highest BCUT2D eigenvalue weighted by Gasteiger charge is 2.43. The number of rotatable bonds is 7. The summed E-state index contributed by atoms with van der Waals surface area (Å²) in [6, 6.07) is 20.0. The molecule has 4 nitrogen and oxygen atoms in total. The van der Waals surface area contributed by atoms with Crippen LogP contribution in [0.25, 0.3) is 0 Å². The number of hydrogen-bond donors (Lipinski definition) is 1. The van der Waals surface area contributed by atoms with Gasteiger partial charge in [0.25, 0.3) is 0 Å². The number of hydrogen-bond acceptors (Lipinski definition) is 4. The molecule has 128 valence electrons. The van der Waals surface area contributed by atoms with Gasteiger partial charge in [-0.3, -0.25) is 0 Å². The Morgan fingerprint density at radius 1 is 0.833 bits per heavy atom. The minimum atomic E-state index is -0.357. The summed E-state index contributed by atoms with van der Waals surface area (Å²) in [5, 5.41) is 9.59. The van der Waals surface area contributed by atoms with Crippen molar-refractivity contribution in [2.45, 2.75) is 44.6 Å². The summed E-state index contributed by atoms with van der Waals surface area (Å²) in [6.45, 7) is 2.87. The molecule has 0 unspecified atom stereocenters. The van der Waals surface area contributed by atoms with E-state index in [1.807, 2.05) is 67.6 Å². The fourth-order valence-corrected chi connectivity index (χ4v) is 3.02. The fraction of sp³-hybridized carbons (Fsp3) is 0.400. The van der Waals surface area contributed by atoms with E-state index in [1.54, 1.807) is 0 Å². The summed E-state index contributed by atoms with van der Waals surface area (Å²) in [7, 11) is 0. The molecule has 1 heterocycles. The van der Waals surface area contributed by atoms with E-state index in [9.17, 15) is 5.11 Å². The lowest BCUT2D eigenvalue weighted by molar-refractivity contribution is -0.0828. The molecule has 0 amide bonds. The maximum absolute atomic E-state index is 9.59. The quantitative estimate of drug-likeness (QED) is 0.849. The van der Waals surface area contributed by atoms with E-state index in [0.717, 1.165) is 11.1 Å². The van der Waals surface area contributed by atoms with Gasteiger partial charge in [-0.1, -0.05) is 60.7 Å². The topological polar surface area (TPSA) is 47.9 Å². The van der Waals surface area contributed by atoms with Gasteiger partial charge in [0.1, 0.15) is 18.3 Å². The van der Waals surface area contributed by atoms with Gasteiger partial charge in [-0.15, -0.1) is 0 Å². The summed E-state index contributed by atoms with van der Waals surface area (Å²) in [6.07, 6.45) is -0.962. The molecular formula is C20H24O4. The van der Waals surface area contributed by atoms with E-state index >= 15 is 0 Å². The first-order valence-electron chi connectivity index (χ1n) is 8.35. The molecule has 0 saturated carbocycles. The van der Waals surface area contributed by atoms with Gasteiger partial charge in [-0.25, -0.2) is 0 Å². The molecule has 0 spiro atoms. The average Bonchev–Trinajstić information content (AvgIpc) is 2.94. The van der Waals surface area contributed by atoms with E-state index in [4.69, 9.17) is 14.2 Å². The molecule has 0 aliphatic carbocycles. The first-order valence-corrected chi connectivity index (χ1v) is 8.35. The summed E-state index contributed by atoms with van der Waals surface area (Å²) in [5.74, 6) is 0. The number of benzene rings is 2. The molecule has 24 heavy (non-hydrogen) atoms. The van der Waals surface area contributed by atoms with Gasteiger partial charge < -0.3 is 19.3 Å². The minimum absolute atomic E-state index is 0.0744. The third kappa shape index (κ3) is 4.22. The Bertz CT molecular complexity index is 602. The molecular weight excluding hydrogens is 304 g/mol. The Hall–Kier alpha value is -1.72. The van der Waals surface area contributed by atoms with Crippen molar-refractivity contribution in [2.24, 2.45) is 0 Å². The maximum Gasteiger partial charge on any atom is 0.115 e. The predicted molar refractivity (Wildman–Crippen MR) is 91.5 cm³/mol. The third-order valence-corrected chi connectivity index (χ3v) is 4.29. The van der Waals surface area contributed by atoms with Crippen LogP contribution in [0.4, 0.5) is 0 Å². The van der Waals surface area contributed by atoms with Crippen LogP contribution in [0.1, 0.15) is 18.1 Å². The number of aliphatic hydroxyl groups excluding tert-OH is 1. The molecule has 0 aromatic heterocycles. The second-order valence-electron chi connectivity index (χ2n) is 6.08. The molecule has 1 aliphatic heterocycles. The Balaban J connectivity index is 1.63. The lowest BCUT2D eigenvalue weighted by Crippen LogP contribution is -2.38. The van der Waals surface area contributed by atoms with E-state index in [-0.39, 0.29) is 31.0 Å². The van der Waals surface area contributed by atoms with Gasteiger partial charge >= 0.3 is 0 Å². The van der Waals surface area contributed by atoms with Crippen molar-refractivity contribution in [3.63, 3.8) is 0 Å². The van der Waals surface area contributed by atoms with Gasteiger partial charge in [0.2, 0.25) is 0 Å². The highest BCUT2D eigenvalue weighted by atomic mass is 16.6. The lowest BCUT2D eigenvalue weighted by Gasteiger charge is -2.23. The van der Waals surface area contributed by atoms with Gasteiger partial charge in [0, 0.05) is 0 Å². The SMILES string of the molecule is C[C@@H]1O[C@@H](CO)[C@H](OCc2ccccc2)[C@H]1OCc1ccccc1. The Labute approximate surface area is 143 Å². The highest BCUT2D eigenvalue weighted by Crippen LogP contribution is 2.28. The average molecular weight is 328 g/mol. The Morgan fingerprint density at radius 3 is 1.83 bits per heavy atom. The molecule has 2 aromatic rings. The van der Waals surface area contributed by atoms with Crippen molar-refractivity contribution < 1.29 is 19.3 Å². The Morgan fingerprint density at radius 2 is 1.33 bits per heavy atom. The Kier molecular flexibility index (Phi) is 5.99. The summed E-state index contributed by atoms with van der Waals surface area (Å²) >= 11 is 0. The summed E-state index contributed by atoms with van der Waals surface area (Å²) in [4.78, 5) is 0. The summed E-state index contributed by atoms with van der Waals surface area (Å²) < 4.78 is 17.9.